The zero-order chi connectivity index (χ0) is 18.2. The highest BCUT2D eigenvalue weighted by molar-refractivity contribution is 6.30. The Bertz CT molecular complexity index is 723. The average molecular weight is 364 g/mol. The van der Waals surface area contributed by atoms with Gasteiger partial charge in [0.2, 0.25) is 0 Å². The molecule has 0 aliphatic rings. The van der Waals surface area contributed by atoms with Crippen molar-refractivity contribution in [2.75, 3.05) is 13.1 Å². The summed E-state index contributed by atoms with van der Waals surface area (Å²) in [6.45, 7) is 4.67. The van der Waals surface area contributed by atoms with Crippen LogP contribution in [-0.4, -0.2) is 24.2 Å². The molecule has 3 N–H and O–H groups in total. The molecule has 6 heteroatoms. The molecule has 2 aromatic rings. The number of nitrogens with zero attached hydrogens (tertiary/aromatic N) is 1. The third-order valence-electron chi connectivity index (χ3n) is 3.73. The van der Waals surface area contributed by atoms with E-state index in [9.17, 15) is 9.50 Å². The highest BCUT2D eigenvalue weighted by atomic mass is 35.5. The lowest BCUT2D eigenvalue weighted by atomic mass is 10.1. The van der Waals surface area contributed by atoms with E-state index < -0.39 is 11.9 Å². The normalized spacial score (nSPS) is 14.0. The summed E-state index contributed by atoms with van der Waals surface area (Å²) in [6.07, 6.45) is -1.00. The molecule has 0 radical (unpaired) electrons. The Kier molecular flexibility index (Phi) is 7.22. The summed E-state index contributed by atoms with van der Waals surface area (Å²) in [7, 11) is 0. The van der Waals surface area contributed by atoms with Crippen LogP contribution in [-0.2, 0) is 0 Å². The average Bonchev–Trinajstić information content (AvgIpc) is 2.60. The first kappa shape index (κ1) is 19.2. The maximum absolute atomic E-state index is 13.7. The van der Waals surface area contributed by atoms with Crippen LogP contribution in [0, 0.1) is 5.82 Å². The molecule has 2 aromatic carbocycles. The number of aliphatic hydroxyl groups excluding tert-OH is 1. The quantitative estimate of drug-likeness (QED) is 0.540. The number of hydrogen-bond acceptors (Lipinski definition) is 2. The number of nitrogens with one attached hydrogen (secondary N) is 2. The first-order valence-electron chi connectivity index (χ1n) is 8.24. The Morgan fingerprint density at radius 1 is 1.24 bits per heavy atom. The minimum atomic E-state index is -1.00. The molecule has 0 bridgehead atoms. The predicted octanol–water partition coefficient (Wildman–Crippen LogP) is 3.83. The summed E-state index contributed by atoms with van der Waals surface area (Å²) in [6, 6.07) is 13.7. The van der Waals surface area contributed by atoms with Crippen molar-refractivity contribution < 1.29 is 9.50 Å². The number of halogens is 2. The fourth-order valence-corrected chi connectivity index (χ4v) is 2.60. The van der Waals surface area contributed by atoms with E-state index in [1.807, 2.05) is 38.1 Å². The number of guanidine groups is 1. The molecule has 2 rings (SSSR count). The SMILES string of the molecule is CCNC(=NCC(O)c1ccccc1F)NC(C)c1cccc(Cl)c1. The van der Waals surface area contributed by atoms with Crippen LogP contribution in [0.3, 0.4) is 0 Å². The molecule has 25 heavy (non-hydrogen) atoms. The summed E-state index contributed by atoms with van der Waals surface area (Å²) in [4.78, 5) is 4.36. The molecule has 0 amide bonds. The minimum absolute atomic E-state index is 0.0258. The lowest BCUT2D eigenvalue weighted by molar-refractivity contribution is 0.182. The fraction of sp³-hybridized carbons (Fsp3) is 0.316. The van der Waals surface area contributed by atoms with Gasteiger partial charge in [-0.15, -0.1) is 0 Å². The number of aliphatic imine (C=N–C) groups is 1. The van der Waals surface area contributed by atoms with E-state index in [-0.39, 0.29) is 18.2 Å². The van der Waals surface area contributed by atoms with Gasteiger partial charge in [0, 0.05) is 17.1 Å². The van der Waals surface area contributed by atoms with E-state index in [0.717, 1.165) is 5.56 Å². The van der Waals surface area contributed by atoms with Crippen molar-refractivity contribution in [2.45, 2.75) is 26.0 Å². The summed E-state index contributed by atoms with van der Waals surface area (Å²) in [5.74, 6) is 0.112. The Balaban J connectivity index is 2.06. The van der Waals surface area contributed by atoms with E-state index in [2.05, 4.69) is 15.6 Å². The first-order chi connectivity index (χ1) is 12.0. The van der Waals surface area contributed by atoms with E-state index in [1.54, 1.807) is 18.2 Å². The lowest BCUT2D eigenvalue weighted by Crippen LogP contribution is -2.39. The predicted molar refractivity (Wildman–Crippen MR) is 100 cm³/mol. The molecule has 134 valence electrons. The van der Waals surface area contributed by atoms with Crippen LogP contribution >= 0.6 is 11.6 Å². The van der Waals surface area contributed by atoms with Crippen molar-refractivity contribution in [2.24, 2.45) is 4.99 Å². The second-order valence-corrected chi connectivity index (χ2v) is 6.11. The maximum Gasteiger partial charge on any atom is 0.191 e. The third-order valence-corrected chi connectivity index (χ3v) is 3.97. The highest BCUT2D eigenvalue weighted by Gasteiger charge is 2.13. The van der Waals surface area contributed by atoms with Gasteiger partial charge in [-0.05, 0) is 37.6 Å². The molecule has 0 spiro atoms. The monoisotopic (exact) mass is 363 g/mol. The Hall–Kier alpha value is -2.11. The molecule has 2 atom stereocenters. The van der Waals surface area contributed by atoms with Gasteiger partial charge in [-0.2, -0.15) is 0 Å². The molecule has 0 heterocycles. The number of aliphatic hydroxyl groups is 1. The minimum Gasteiger partial charge on any atom is -0.386 e. The van der Waals surface area contributed by atoms with E-state index >= 15 is 0 Å². The van der Waals surface area contributed by atoms with Gasteiger partial charge in [0.1, 0.15) is 11.9 Å². The number of hydrogen-bond donors (Lipinski definition) is 3. The van der Waals surface area contributed by atoms with Gasteiger partial charge in [-0.25, -0.2) is 4.39 Å². The highest BCUT2D eigenvalue weighted by Crippen LogP contribution is 2.18. The standard InChI is InChI=1S/C19H23ClFN3O/c1-3-22-19(24-13(2)14-7-6-8-15(20)11-14)23-12-18(25)16-9-4-5-10-17(16)21/h4-11,13,18,25H,3,12H2,1-2H3,(H2,22,23,24). The zero-order valence-electron chi connectivity index (χ0n) is 14.3. The van der Waals surface area contributed by atoms with Gasteiger partial charge in [0.05, 0.1) is 12.6 Å². The van der Waals surface area contributed by atoms with Crippen LogP contribution in [0.5, 0.6) is 0 Å². The molecule has 0 aliphatic heterocycles. The topological polar surface area (TPSA) is 56.7 Å². The van der Waals surface area contributed by atoms with E-state index in [4.69, 9.17) is 11.6 Å². The van der Waals surface area contributed by atoms with Crippen molar-refractivity contribution in [1.82, 2.24) is 10.6 Å². The molecular formula is C19H23ClFN3O. The largest absolute Gasteiger partial charge is 0.386 e. The summed E-state index contributed by atoms with van der Waals surface area (Å²) >= 11 is 6.03. The van der Waals surface area contributed by atoms with Gasteiger partial charge < -0.3 is 15.7 Å². The van der Waals surface area contributed by atoms with Crippen molar-refractivity contribution in [3.8, 4) is 0 Å². The molecule has 0 saturated carbocycles. The van der Waals surface area contributed by atoms with Crippen molar-refractivity contribution in [3.63, 3.8) is 0 Å². The van der Waals surface area contributed by atoms with Gasteiger partial charge in [0.15, 0.2) is 5.96 Å². The number of rotatable bonds is 6. The van der Waals surface area contributed by atoms with Crippen molar-refractivity contribution in [3.05, 3.63) is 70.5 Å². The Labute approximate surface area is 152 Å². The van der Waals surface area contributed by atoms with Crippen LogP contribution < -0.4 is 10.6 Å². The van der Waals surface area contributed by atoms with Crippen molar-refractivity contribution >= 4 is 17.6 Å². The van der Waals surface area contributed by atoms with Gasteiger partial charge in [0.25, 0.3) is 0 Å². The summed E-state index contributed by atoms with van der Waals surface area (Å²) in [5.41, 5.74) is 1.26. The smallest absolute Gasteiger partial charge is 0.191 e. The summed E-state index contributed by atoms with van der Waals surface area (Å²) in [5, 5.41) is 17.2. The number of benzene rings is 2. The molecule has 0 saturated heterocycles. The van der Waals surface area contributed by atoms with Crippen LogP contribution in [0.2, 0.25) is 5.02 Å². The van der Waals surface area contributed by atoms with Crippen LogP contribution in [0.15, 0.2) is 53.5 Å². The molecular weight excluding hydrogens is 341 g/mol. The van der Waals surface area contributed by atoms with Crippen LogP contribution in [0.25, 0.3) is 0 Å². The molecule has 4 nitrogen and oxygen atoms in total. The van der Waals surface area contributed by atoms with Gasteiger partial charge >= 0.3 is 0 Å². The van der Waals surface area contributed by atoms with Gasteiger partial charge in [-0.1, -0.05) is 41.9 Å². The molecule has 0 aliphatic carbocycles. The fourth-order valence-electron chi connectivity index (χ4n) is 2.41. The maximum atomic E-state index is 13.7. The van der Waals surface area contributed by atoms with Gasteiger partial charge in [-0.3, -0.25) is 4.99 Å². The molecule has 0 aromatic heterocycles. The summed E-state index contributed by atoms with van der Waals surface area (Å²) < 4.78 is 13.7. The van der Waals surface area contributed by atoms with E-state index in [0.29, 0.717) is 17.5 Å². The van der Waals surface area contributed by atoms with Crippen LogP contribution in [0.1, 0.15) is 37.1 Å². The zero-order valence-corrected chi connectivity index (χ0v) is 15.1. The van der Waals surface area contributed by atoms with Crippen molar-refractivity contribution in [1.29, 1.82) is 0 Å². The molecule has 0 fully saturated rings. The van der Waals surface area contributed by atoms with Crippen LogP contribution in [0.4, 0.5) is 4.39 Å². The second kappa shape index (κ2) is 9.39. The lowest BCUT2D eigenvalue weighted by Gasteiger charge is -2.19. The second-order valence-electron chi connectivity index (χ2n) is 5.68. The first-order valence-corrected chi connectivity index (χ1v) is 8.61. The third kappa shape index (κ3) is 5.73. The molecule has 2 unspecified atom stereocenters. The Morgan fingerprint density at radius 2 is 2.00 bits per heavy atom. The van der Waals surface area contributed by atoms with E-state index in [1.165, 1.54) is 6.07 Å². The Morgan fingerprint density at radius 3 is 2.68 bits per heavy atom.